The summed E-state index contributed by atoms with van der Waals surface area (Å²) in [4.78, 5) is 21.7. The van der Waals surface area contributed by atoms with Crippen molar-refractivity contribution in [3.63, 3.8) is 0 Å². The third-order valence-electron chi connectivity index (χ3n) is 2.39. The molecular formula is C12H19ClN4O. The van der Waals surface area contributed by atoms with E-state index in [1.165, 1.54) is 4.90 Å². The minimum atomic E-state index is -0.347. The van der Waals surface area contributed by atoms with Gasteiger partial charge in [-0.05, 0) is 13.3 Å². The first-order chi connectivity index (χ1) is 8.43. The first-order valence-electron chi connectivity index (χ1n) is 5.95. The first-order valence-corrected chi connectivity index (χ1v) is 6.33. The van der Waals surface area contributed by atoms with Crippen molar-refractivity contribution in [3.05, 3.63) is 17.0 Å². The molecule has 0 fully saturated rings. The highest BCUT2D eigenvalue weighted by atomic mass is 35.5. The van der Waals surface area contributed by atoms with E-state index in [2.05, 4.69) is 22.2 Å². The molecule has 0 saturated heterocycles. The Morgan fingerprint density at radius 2 is 2.17 bits per heavy atom. The highest BCUT2D eigenvalue weighted by molar-refractivity contribution is 6.29. The van der Waals surface area contributed by atoms with Gasteiger partial charge in [-0.3, -0.25) is 4.79 Å². The maximum Gasteiger partial charge on any atom is 0.244 e. The van der Waals surface area contributed by atoms with Crippen LogP contribution in [0, 0.1) is 0 Å². The van der Waals surface area contributed by atoms with Gasteiger partial charge < -0.3 is 10.2 Å². The molecule has 1 rings (SSSR count). The Balaban J connectivity index is 2.80. The molecule has 6 heteroatoms. The smallest absolute Gasteiger partial charge is 0.244 e. The number of aryl methyl sites for hydroxylation is 1. The molecule has 0 aromatic carbocycles. The quantitative estimate of drug-likeness (QED) is 0.831. The molecule has 0 bridgehead atoms. The van der Waals surface area contributed by atoms with Crippen molar-refractivity contribution in [2.45, 2.75) is 32.7 Å². The van der Waals surface area contributed by atoms with Gasteiger partial charge in [0.2, 0.25) is 5.91 Å². The molecule has 1 aromatic heterocycles. The van der Waals surface area contributed by atoms with Gasteiger partial charge in [-0.15, -0.1) is 0 Å². The molecule has 100 valence electrons. The molecule has 1 unspecified atom stereocenters. The van der Waals surface area contributed by atoms with E-state index in [1.807, 2.05) is 0 Å². The number of aromatic nitrogens is 2. The topological polar surface area (TPSA) is 58.1 Å². The second-order valence-corrected chi connectivity index (χ2v) is 4.73. The SMILES string of the molecule is CCCc1nc(Cl)cc(NC(C)C(=O)N(C)C)n1. The number of hydrogen-bond acceptors (Lipinski definition) is 4. The van der Waals surface area contributed by atoms with E-state index < -0.39 is 0 Å². The molecule has 5 nitrogen and oxygen atoms in total. The fourth-order valence-corrected chi connectivity index (χ4v) is 1.75. The summed E-state index contributed by atoms with van der Waals surface area (Å²) in [7, 11) is 3.44. The predicted molar refractivity (Wildman–Crippen MR) is 72.8 cm³/mol. The molecule has 1 amide bonds. The number of hydrogen-bond donors (Lipinski definition) is 1. The molecule has 1 aromatic rings. The second kappa shape index (κ2) is 6.54. The molecule has 0 aliphatic carbocycles. The number of likely N-dealkylation sites (N-methyl/N-ethyl adjacent to an activating group) is 1. The van der Waals surface area contributed by atoms with Crippen LogP contribution in [0.15, 0.2) is 6.07 Å². The maximum atomic E-state index is 11.7. The van der Waals surface area contributed by atoms with Crippen molar-refractivity contribution in [3.8, 4) is 0 Å². The summed E-state index contributed by atoms with van der Waals surface area (Å²) < 4.78 is 0. The summed E-state index contributed by atoms with van der Waals surface area (Å²) >= 11 is 5.92. The Bertz CT molecular complexity index is 423. The van der Waals surface area contributed by atoms with E-state index in [0.717, 1.165) is 12.8 Å². The fraction of sp³-hybridized carbons (Fsp3) is 0.583. The van der Waals surface area contributed by atoms with Crippen LogP contribution in [0.4, 0.5) is 5.82 Å². The molecule has 18 heavy (non-hydrogen) atoms. The van der Waals surface area contributed by atoms with Crippen LogP contribution in [0.3, 0.4) is 0 Å². The molecule has 0 radical (unpaired) electrons. The molecule has 1 N–H and O–H groups in total. The van der Waals surface area contributed by atoms with Crippen LogP contribution >= 0.6 is 11.6 Å². The summed E-state index contributed by atoms with van der Waals surface area (Å²) in [6.07, 6.45) is 1.72. The van der Waals surface area contributed by atoms with E-state index in [0.29, 0.717) is 16.8 Å². The number of carbonyl (C=O) groups is 1. The normalized spacial score (nSPS) is 12.1. The van der Waals surface area contributed by atoms with Crippen molar-refractivity contribution in [1.82, 2.24) is 14.9 Å². The average molecular weight is 271 g/mol. The van der Waals surface area contributed by atoms with Gasteiger partial charge in [0.15, 0.2) is 0 Å². The Hall–Kier alpha value is -1.36. The number of nitrogens with zero attached hydrogens (tertiary/aromatic N) is 3. The molecule has 1 heterocycles. The lowest BCUT2D eigenvalue weighted by Crippen LogP contribution is -2.36. The minimum absolute atomic E-state index is 0.0122. The van der Waals surface area contributed by atoms with Crippen molar-refractivity contribution in [2.75, 3.05) is 19.4 Å². The van der Waals surface area contributed by atoms with Gasteiger partial charge in [0.05, 0.1) is 0 Å². The summed E-state index contributed by atoms with van der Waals surface area (Å²) in [6, 6.07) is 1.28. The van der Waals surface area contributed by atoms with E-state index >= 15 is 0 Å². The third-order valence-corrected chi connectivity index (χ3v) is 2.58. The fourth-order valence-electron chi connectivity index (χ4n) is 1.54. The van der Waals surface area contributed by atoms with Gasteiger partial charge in [0.25, 0.3) is 0 Å². The van der Waals surface area contributed by atoms with Crippen LogP contribution in [-0.4, -0.2) is 40.9 Å². The molecule has 1 atom stereocenters. The Labute approximate surface area is 113 Å². The zero-order valence-corrected chi connectivity index (χ0v) is 12.0. The second-order valence-electron chi connectivity index (χ2n) is 4.34. The lowest BCUT2D eigenvalue weighted by Gasteiger charge is -2.18. The number of anilines is 1. The van der Waals surface area contributed by atoms with Crippen molar-refractivity contribution < 1.29 is 4.79 Å². The Morgan fingerprint density at radius 1 is 1.50 bits per heavy atom. The largest absolute Gasteiger partial charge is 0.358 e. The predicted octanol–water partition coefficient (Wildman–Crippen LogP) is 1.97. The van der Waals surface area contributed by atoms with Gasteiger partial charge >= 0.3 is 0 Å². The maximum absolute atomic E-state index is 11.7. The monoisotopic (exact) mass is 270 g/mol. The summed E-state index contributed by atoms with van der Waals surface area (Å²) in [6.45, 7) is 3.84. The molecule has 0 spiro atoms. The van der Waals surface area contributed by atoms with E-state index in [9.17, 15) is 4.79 Å². The van der Waals surface area contributed by atoms with E-state index in [1.54, 1.807) is 27.1 Å². The molecule has 0 aliphatic rings. The minimum Gasteiger partial charge on any atom is -0.358 e. The molecular weight excluding hydrogens is 252 g/mol. The standard InChI is InChI=1S/C12H19ClN4O/c1-5-6-10-15-9(13)7-11(16-10)14-8(2)12(18)17(3)4/h7-8H,5-6H2,1-4H3,(H,14,15,16). The van der Waals surface area contributed by atoms with Crippen molar-refractivity contribution in [1.29, 1.82) is 0 Å². The van der Waals surface area contributed by atoms with Crippen molar-refractivity contribution in [2.24, 2.45) is 0 Å². The van der Waals surface area contributed by atoms with E-state index in [4.69, 9.17) is 11.6 Å². The van der Waals surface area contributed by atoms with Gasteiger partial charge in [0, 0.05) is 26.6 Å². The third kappa shape index (κ3) is 4.14. The number of halogens is 1. The van der Waals surface area contributed by atoms with Crippen LogP contribution in [0.2, 0.25) is 5.15 Å². The van der Waals surface area contributed by atoms with Gasteiger partial charge in [-0.25, -0.2) is 9.97 Å². The Kier molecular flexibility index (Phi) is 5.34. The van der Waals surface area contributed by atoms with Gasteiger partial charge in [-0.1, -0.05) is 18.5 Å². The number of carbonyl (C=O) groups excluding carboxylic acids is 1. The number of amides is 1. The van der Waals surface area contributed by atoms with E-state index in [-0.39, 0.29) is 11.9 Å². The summed E-state index contributed by atoms with van der Waals surface area (Å²) in [5.41, 5.74) is 0. The summed E-state index contributed by atoms with van der Waals surface area (Å²) in [5, 5.41) is 3.43. The highest BCUT2D eigenvalue weighted by Gasteiger charge is 2.15. The zero-order valence-electron chi connectivity index (χ0n) is 11.2. The molecule has 0 saturated carbocycles. The Morgan fingerprint density at radius 3 is 2.72 bits per heavy atom. The molecule has 0 aliphatic heterocycles. The van der Waals surface area contributed by atoms with Gasteiger partial charge in [-0.2, -0.15) is 0 Å². The first kappa shape index (κ1) is 14.7. The summed E-state index contributed by atoms with van der Waals surface area (Å²) in [5.74, 6) is 1.26. The number of rotatable bonds is 5. The lowest BCUT2D eigenvalue weighted by molar-refractivity contribution is -0.129. The lowest BCUT2D eigenvalue weighted by atomic mass is 10.3. The van der Waals surface area contributed by atoms with Crippen molar-refractivity contribution >= 4 is 23.3 Å². The highest BCUT2D eigenvalue weighted by Crippen LogP contribution is 2.13. The van der Waals surface area contributed by atoms with Crippen LogP contribution in [0.1, 0.15) is 26.1 Å². The van der Waals surface area contributed by atoms with Crippen LogP contribution in [0.25, 0.3) is 0 Å². The van der Waals surface area contributed by atoms with Crippen LogP contribution < -0.4 is 5.32 Å². The van der Waals surface area contributed by atoms with Crippen LogP contribution in [0.5, 0.6) is 0 Å². The van der Waals surface area contributed by atoms with Gasteiger partial charge in [0.1, 0.15) is 22.8 Å². The van der Waals surface area contributed by atoms with Crippen LogP contribution in [-0.2, 0) is 11.2 Å². The zero-order chi connectivity index (χ0) is 13.7. The number of nitrogens with one attached hydrogen (secondary N) is 1. The average Bonchev–Trinajstić information content (AvgIpc) is 2.27.